The number of imide groups is 1. The van der Waals surface area contributed by atoms with Crippen LogP contribution in [0.1, 0.15) is 17.5 Å². The molecule has 2 aliphatic rings. The van der Waals surface area contributed by atoms with Gasteiger partial charge in [-0.05, 0) is 54.3 Å². The monoisotopic (exact) mass is 440 g/mol. The average molecular weight is 440 g/mol. The van der Waals surface area contributed by atoms with Gasteiger partial charge in [-0.1, -0.05) is 36.4 Å². The lowest BCUT2D eigenvalue weighted by Crippen LogP contribution is -2.37. The minimum atomic E-state index is -0.350. The van der Waals surface area contributed by atoms with Gasteiger partial charge in [0.15, 0.2) is 0 Å². The highest BCUT2D eigenvalue weighted by Crippen LogP contribution is 2.40. The normalized spacial score (nSPS) is 15.7. The van der Waals surface area contributed by atoms with Crippen molar-refractivity contribution < 1.29 is 19.1 Å². The lowest BCUT2D eigenvalue weighted by atomic mass is 9.98. The van der Waals surface area contributed by atoms with Crippen molar-refractivity contribution in [1.29, 1.82) is 0 Å². The Morgan fingerprint density at radius 2 is 1.55 bits per heavy atom. The van der Waals surface area contributed by atoms with Gasteiger partial charge in [0.25, 0.3) is 11.8 Å². The standard InChI is InChI=1S/C27H24N2O4/c1-32-21-14-12-19(13-15-21)24-25(28-16-6-8-18-7-3-4-11-23(18)28)27(31)29(26(24)30)20-9-5-10-22(17-20)33-2/h3-5,7,9-15,17H,6,8,16H2,1-2H3. The summed E-state index contributed by atoms with van der Waals surface area (Å²) in [6.07, 6.45) is 1.84. The van der Waals surface area contributed by atoms with E-state index in [0.29, 0.717) is 40.6 Å². The number of hydrogen-bond donors (Lipinski definition) is 0. The maximum Gasteiger partial charge on any atom is 0.282 e. The summed E-state index contributed by atoms with van der Waals surface area (Å²) in [6, 6.07) is 22.3. The Morgan fingerprint density at radius 1 is 0.788 bits per heavy atom. The third-order valence-corrected chi connectivity index (χ3v) is 6.13. The Labute approximate surface area is 192 Å². The van der Waals surface area contributed by atoms with Gasteiger partial charge in [-0.3, -0.25) is 9.59 Å². The number of nitrogens with zero attached hydrogens (tertiary/aromatic N) is 2. The molecule has 0 aromatic heterocycles. The zero-order valence-electron chi connectivity index (χ0n) is 18.6. The molecule has 2 heterocycles. The second-order valence-corrected chi connectivity index (χ2v) is 7.98. The van der Waals surface area contributed by atoms with E-state index in [9.17, 15) is 9.59 Å². The molecule has 5 rings (SSSR count). The number of para-hydroxylation sites is 1. The van der Waals surface area contributed by atoms with Crippen LogP contribution in [0.2, 0.25) is 0 Å². The number of hydrogen-bond acceptors (Lipinski definition) is 5. The molecule has 33 heavy (non-hydrogen) atoms. The molecule has 2 aliphatic heterocycles. The van der Waals surface area contributed by atoms with E-state index in [1.165, 1.54) is 10.5 Å². The van der Waals surface area contributed by atoms with Gasteiger partial charge in [0.1, 0.15) is 17.2 Å². The molecule has 0 spiro atoms. The van der Waals surface area contributed by atoms with Gasteiger partial charge in [0, 0.05) is 18.3 Å². The van der Waals surface area contributed by atoms with Gasteiger partial charge >= 0.3 is 0 Å². The minimum Gasteiger partial charge on any atom is -0.497 e. The molecule has 0 N–H and O–H groups in total. The molecule has 0 atom stereocenters. The first-order valence-electron chi connectivity index (χ1n) is 10.9. The van der Waals surface area contributed by atoms with Crippen LogP contribution in [0.5, 0.6) is 11.5 Å². The quantitative estimate of drug-likeness (QED) is 0.549. The fourth-order valence-corrected chi connectivity index (χ4v) is 4.54. The number of carbonyl (C=O) groups excluding carboxylic acids is 2. The average Bonchev–Trinajstić information content (AvgIpc) is 3.13. The molecule has 6 heteroatoms. The summed E-state index contributed by atoms with van der Waals surface area (Å²) in [6.45, 7) is 0.664. The molecule has 0 saturated carbocycles. The van der Waals surface area contributed by atoms with Crippen LogP contribution >= 0.6 is 0 Å². The van der Waals surface area contributed by atoms with Crippen molar-refractivity contribution in [2.75, 3.05) is 30.6 Å². The molecule has 2 amide bonds. The van der Waals surface area contributed by atoms with E-state index in [0.717, 1.165) is 18.5 Å². The second-order valence-electron chi connectivity index (χ2n) is 7.98. The van der Waals surface area contributed by atoms with Crippen LogP contribution < -0.4 is 19.3 Å². The molecule has 0 unspecified atom stereocenters. The molecule has 0 fully saturated rings. The Kier molecular flexibility index (Phi) is 5.34. The van der Waals surface area contributed by atoms with Crippen LogP contribution in [0, 0.1) is 0 Å². The summed E-state index contributed by atoms with van der Waals surface area (Å²) >= 11 is 0. The number of rotatable bonds is 5. The van der Waals surface area contributed by atoms with Crippen molar-refractivity contribution in [3.05, 3.63) is 89.6 Å². The molecule has 6 nitrogen and oxygen atoms in total. The molecule has 3 aromatic carbocycles. The fraction of sp³-hybridized carbons (Fsp3) is 0.185. The second kappa shape index (κ2) is 8.47. The summed E-state index contributed by atoms with van der Waals surface area (Å²) in [5, 5.41) is 0. The van der Waals surface area contributed by atoms with Crippen LogP contribution in [-0.2, 0) is 16.0 Å². The summed E-state index contributed by atoms with van der Waals surface area (Å²) < 4.78 is 10.6. The van der Waals surface area contributed by atoms with Crippen molar-refractivity contribution in [1.82, 2.24) is 0 Å². The molecule has 0 aliphatic carbocycles. The van der Waals surface area contributed by atoms with E-state index < -0.39 is 0 Å². The van der Waals surface area contributed by atoms with E-state index in [1.807, 2.05) is 35.2 Å². The number of amides is 2. The van der Waals surface area contributed by atoms with E-state index in [-0.39, 0.29) is 11.8 Å². The first-order chi connectivity index (χ1) is 16.1. The highest BCUT2D eigenvalue weighted by molar-refractivity contribution is 6.46. The number of carbonyl (C=O) groups is 2. The Hall–Kier alpha value is -4.06. The molecule has 0 bridgehead atoms. The third-order valence-electron chi connectivity index (χ3n) is 6.13. The van der Waals surface area contributed by atoms with Crippen LogP contribution in [0.3, 0.4) is 0 Å². The zero-order valence-corrected chi connectivity index (χ0v) is 18.6. The Balaban J connectivity index is 1.68. The lowest BCUT2D eigenvalue weighted by molar-refractivity contribution is -0.120. The van der Waals surface area contributed by atoms with Crippen LogP contribution in [0.4, 0.5) is 11.4 Å². The maximum absolute atomic E-state index is 13.9. The Bertz CT molecular complexity index is 1260. The predicted molar refractivity (Wildman–Crippen MR) is 128 cm³/mol. The number of fused-ring (bicyclic) bond motifs is 1. The molecular formula is C27H24N2O4. The summed E-state index contributed by atoms with van der Waals surface area (Å²) in [5.41, 5.74) is 4.10. The summed E-state index contributed by atoms with van der Waals surface area (Å²) in [7, 11) is 3.16. The first-order valence-corrected chi connectivity index (χ1v) is 10.9. The van der Waals surface area contributed by atoms with Crippen molar-refractivity contribution in [2.24, 2.45) is 0 Å². The lowest BCUT2D eigenvalue weighted by Gasteiger charge is -2.32. The van der Waals surface area contributed by atoms with E-state index >= 15 is 0 Å². The first kappa shape index (κ1) is 20.8. The van der Waals surface area contributed by atoms with Crippen molar-refractivity contribution in [2.45, 2.75) is 12.8 Å². The molecule has 3 aromatic rings. The van der Waals surface area contributed by atoms with Crippen LogP contribution in [0.15, 0.2) is 78.5 Å². The predicted octanol–water partition coefficient (Wildman–Crippen LogP) is 4.44. The van der Waals surface area contributed by atoms with Gasteiger partial charge in [0.05, 0.1) is 25.5 Å². The number of methoxy groups -OCH3 is 2. The van der Waals surface area contributed by atoms with Gasteiger partial charge in [0.2, 0.25) is 0 Å². The molecule has 0 saturated heterocycles. The summed E-state index contributed by atoms with van der Waals surface area (Å²) in [4.78, 5) is 30.9. The third kappa shape index (κ3) is 3.53. The van der Waals surface area contributed by atoms with Crippen molar-refractivity contribution in [3.8, 4) is 11.5 Å². The van der Waals surface area contributed by atoms with Gasteiger partial charge in [-0.15, -0.1) is 0 Å². The number of anilines is 2. The van der Waals surface area contributed by atoms with Gasteiger partial charge in [-0.2, -0.15) is 0 Å². The van der Waals surface area contributed by atoms with Crippen LogP contribution in [-0.4, -0.2) is 32.6 Å². The highest BCUT2D eigenvalue weighted by Gasteiger charge is 2.43. The van der Waals surface area contributed by atoms with E-state index in [2.05, 4.69) is 6.07 Å². The number of ether oxygens (including phenoxy) is 2. The van der Waals surface area contributed by atoms with Gasteiger partial charge < -0.3 is 14.4 Å². The van der Waals surface area contributed by atoms with Gasteiger partial charge in [-0.25, -0.2) is 4.90 Å². The Morgan fingerprint density at radius 3 is 2.30 bits per heavy atom. The largest absolute Gasteiger partial charge is 0.497 e. The molecule has 166 valence electrons. The smallest absolute Gasteiger partial charge is 0.282 e. The topological polar surface area (TPSA) is 59.1 Å². The fourth-order valence-electron chi connectivity index (χ4n) is 4.54. The number of benzene rings is 3. The zero-order chi connectivity index (χ0) is 22.9. The number of aryl methyl sites for hydroxylation is 1. The van der Waals surface area contributed by atoms with Crippen molar-refractivity contribution >= 4 is 28.8 Å². The maximum atomic E-state index is 13.9. The SMILES string of the molecule is COc1ccc(C2=C(N3CCCc4ccccc43)C(=O)N(c3cccc(OC)c3)C2=O)cc1. The van der Waals surface area contributed by atoms with Crippen LogP contribution in [0.25, 0.3) is 5.57 Å². The molecule has 0 radical (unpaired) electrons. The summed E-state index contributed by atoms with van der Waals surface area (Å²) in [5.74, 6) is 0.578. The van der Waals surface area contributed by atoms with E-state index in [4.69, 9.17) is 9.47 Å². The highest BCUT2D eigenvalue weighted by atomic mass is 16.5. The minimum absolute atomic E-state index is 0.337. The molecular weight excluding hydrogens is 416 g/mol. The van der Waals surface area contributed by atoms with Crippen molar-refractivity contribution in [3.63, 3.8) is 0 Å². The van der Waals surface area contributed by atoms with E-state index in [1.54, 1.807) is 50.6 Å².